The van der Waals surface area contributed by atoms with Crippen LogP contribution in [0.4, 0.5) is 13.2 Å². The van der Waals surface area contributed by atoms with Crippen LogP contribution in [0.15, 0.2) is 54.7 Å². The van der Waals surface area contributed by atoms with Gasteiger partial charge in [-0.15, -0.1) is 13.2 Å². The summed E-state index contributed by atoms with van der Waals surface area (Å²) in [7, 11) is -3.11. The Bertz CT molecular complexity index is 1880. The van der Waals surface area contributed by atoms with Gasteiger partial charge < -0.3 is 20.1 Å². The van der Waals surface area contributed by atoms with Crippen molar-refractivity contribution in [2.45, 2.75) is 26.1 Å². The topological polar surface area (TPSA) is 118 Å². The average molecular weight is 539 g/mol. The number of alkyl halides is 3. The molecule has 9 nitrogen and oxygen atoms in total. The minimum absolute atomic E-state index is 0.135. The summed E-state index contributed by atoms with van der Waals surface area (Å²) in [5, 5.41) is 10.5. The number of nitrogens with zero attached hydrogens (tertiary/aromatic N) is 2. The molecular weight excluding hydrogens is 503 g/mol. The summed E-state index contributed by atoms with van der Waals surface area (Å²) >= 11 is 0. The molecule has 0 saturated heterocycles. The number of hydrogen-bond donors (Lipinski definition) is 3. The molecule has 3 N–H and O–H groups in total. The normalized spacial score (nSPS) is 17.8. The molecular formula is C26H24F3N5O4. The Kier molecular flexibility index (Phi) is 4.43. The number of aromatic amines is 1. The lowest BCUT2D eigenvalue weighted by atomic mass is 10.0. The molecule has 0 bridgehead atoms. The largest absolute Gasteiger partial charge is 0.573 e. The molecule has 12 heteroatoms. The molecule has 4 rings (SSSR count). The summed E-state index contributed by atoms with van der Waals surface area (Å²) in [6.45, 7) is -9.28. The molecule has 1 atom stereocenters. The van der Waals surface area contributed by atoms with Crippen molar-refractivity contribution in [1.29, 1.82) is 0 Å². The summed E-state index contributed by atoms with van der Waals surface area (Å²) in [5.74, 6) is -3.84. The van der Waals surface area contributed by atoms with Gasteiger partial charge in [-0.25, -0.2) is 4.98 Å². The number of fused-ring (bicyclic) bond motifs is 1. The fraction of sp³-hybridized carbons (Fsp3) is 0.231. The molecule has 0 unspecified atom stereocenters. The second kappa shape index (κ2) is 10.8. The Morgan fingerprint density at radius 3 is 2.79 bits per heavy atom. The first kappa shape index (κ1) is 15.6. The zero-order valence-electron chi connectivity index (χ0n) is 29.9. The molecule has 0 fully saturated rings. The molecule has 0 saturated carbocycles. The molecule has 0 radical (unpaired) electrons. The first-order valence-electron chi connectivity index (χ1n) is 16.0. The third-order valence-electron chi connectivity index (χ3n) is 5.18. The van der Waals surface area contributed by atoms with E-state index >= 15 is 0 Å². The number of carbonyl (C=O) groups excluding carboxylic acids is 2. The zero-order valence-corrected chi connectivity index (χ0v) is 18.9. The van der Waals surface area contributed by atoms with E-state index in [4.69, 9.17) is 19.8 Å². The van der Waals surface area contributed by atoms with Gasteiger partial charge in [0.15, 0.2) is 5.69 Å². The summed E-state index contributed by atoms with van der Waals surface area (Å²) in [6, 6.07) is 7.29. The SMILES string of the molecule is [2H]C([2H])([2H])Oc1ncc(-c2ccc3c(C(=O)NC([2H])([2H])C([2H])([2H])[2H])n[nH]c3c2)cc1C(=O)N[C@H](c1cccc(OC(F)(F)F)c1)C([2H])([2H])[2H]. The van der Waals surface area contributed by atoms with E-state index in [1.54, 1.807) is 5.32 Å². The Balaban J connectivity index is 1.71. The molecule has 2 aromatic heterocycles. The van der Waals surface area contributed by atoms with Crippen LogP contribution >= 0.6 is 0 Å². The monoisotopic (exact) mass is 538 g/mol. The summed E-state index contributed by atoms with van der Waals surface area (Å²) in [5.41, 5.74) is -0.595. The van der Waals surface area contributed by atoms with Crippen molar-refractivity contribution in [3.63, 3.8) is 0 Å². The number of methoxy groups -OCH3 is 1. The smallest absolute Gasteiger partial charge is 0.480 e. The number of rotatable bonds is 8. The lowest BCUT2D eigenvalue weighted by Crippen LogP contribution is -2.27. The van der Waals surface area contributed by atoms with Gasteiger partial charge in [0.05, 0.1) is 22.7 Å². The molecule has 38 heavy (non-hydrogen) atoms. The third-order valence-corrected chi connectivity index (χ3v) is 5.18. The van der Waals surface area contributed by atoms with E-state index in [-0.39, 0.29) is 33.3 Å². The van der Waals surface area contributed by atoms with Crippen molar-refractivity contribution >= 4 is 22.7 Å². The van der Waals surface area contributed by atoms with Crippen molar-refractivity contribution in [3.05, 3.63) is 71.5 Å². The number of pyridine rings is 1. The Morgan fingerprint density at radius 2 is 2.03 bits per heavy atom. The van der Waals surface area contributed by atoms with Crippen LogP contribution < -0.4 is 20.1 Å². The highest BCUT2D eigenvalue weighted by atomic mass is 19.4. The second-order valence-electron chi connectivity index (χ2n) is 7.62. The van der Waals surface area contributed by atoms with Crippen LogP contribution in [0, 0.1) is 0 Å². The molecule has 0 spiro atoms. The van der Waals surface area contributed by atoms with E-state index in [2.05, 4.69) is 25.2 Å². The van der Waals surface area contributed by atoms with Crippen molar-refractivity contribution in [2.75, 3.05) is 13.5 Å². The molecule has 2 amide bonds. The minimum Gasteiger partial charge on any atom is -0.480 e. The lowest BCUT2D eigenvalue weighted by Gasteiger charge is -2.17. The van der Waals surface area contributed by atoms with Crippen LogP contribution in [0.5, 0.6) is 11.6 Å². The van der Waals surface area contributed by atoms with Gasteiger partial charge in [-0.1, -0.05) is 18.2 Å². The first-order valence-corrected chi connectivity index (χ1v) is 10.5. The summed E-state index contributed by atoms with van der Waals surface area (Å²) < 4.78 is 130. The first-order chi connectivity index (χ1) is 22.3. The Hall–Kier alpha value is -4.61. The summed E-state index contributed by atoms with van der Waals surface area (Å²) in [4.78, 5) is 30.1. The summed E-state index contributed by atoms with van der Waals surface area (Å²) in [6.07, 6.45) is -3.97. The van der Waals surface area contributed by atoms with Gasteiger partial charge in [-0.2, -0.15) is 5.10 Å². The van der Waals surface area contributed by atoms with Crippen LogP contribution in [-0.2, 0) is 0 Å². The Labute approximate surface area is 230 Å². The number of aromatic nitrogens is 3. The number of ether oxygens (including phenoxy) is 2. The maximum Gasteiger partial charge on any atom is 0.573 e. The minimum atomic E-state index is -5.09. The van der Waals surface area contributed by atoms with E-state index in [9.17, 15) is 22.8 Å². The van der Waals surface area contributed by atoms with Crippen molar-refractivity contribution < 1.29 is 47.3 Å². The highest BCUT2D eigenvalue weighted by molar-refractivity contribution is 6.05. The second-order valence-corrected chi connectivity index (χ2v) is 7.62. The number of hydrogen-bond acceptors (Lipinski definition) is 6. The molecule has 2 heterocycles. The van der Waals surface area contributed by atoms with Gasteiger partial charge in [0.1, 0.15) is 11.3 Å². The van der Waals surface area contributed by atoms with Crippen molar-refractivity contribution in [2.24, 2.45) is 0 Å². The molecule has 0 aliphatic carbocycles. The van der Waals surface area contributed by atoms with Crippen molar-refractivity contribution in [1.82, 2.24) is 25.8 Å². The molecule has 198 valence electrons. The van der Waals surface area contributed by atoms with Crippen LogP contribution in [0.1, 0.15) is 61.2 Å². The maximum atomic E-state index is 13.5. The number of amides is 2. The van der Waals surface area contributed by atoms with E-state index < -0.39 is 68.7 Å². The van der Waals surface area contributed by atoms with E-state index in [0.717, 1.165) is 36.5 Å². The van der Waals surface area contributed by atoms with Gasteiger partial charge in [0.25, 0.3) is 11.8 Å². The Morgan fingerprint density at radius 1 is 1.16 bits per heavy atom. The van der Waals surface area contributed by atoms with E-state index in [1.807, 2.05) is 0 Å². The quantitative estimate of drug-likeness (QED) is 0.297. The number of carbonyl (C=O) groups is 2. The lowest BCUT2D eigenvalue weighted by molar-refractivity contribution is -0.274. The van der Waals surface area contributed by atoms with Gasteiger partial charge in [0, 0.05) is 34.6 Å². The standard InChI is InChI=1S/C26H24F3N5O4/c1-4-30-24(36)22-19-9-8-16(12-21(19)33-34-22)17-11-20(25(37-3)31-13-17)23(35)32-14(2)15-6-5-7-18(10-15)38-26(27,28)29/h5-14H,4H2,1-3H3,(H,30,36)(H,32,35)(H,33,34)/t14-/m0/s1/i1D3,2D3,3D3,4D2. The molecule has 4 aromatic rings. The molecule has 2 aromatic carbocycles. The number of benzene rings is 2. The van der Waals surface area contributed by atoms with Gasteiger partial charge >= 0.3 is 6.36 Å². The fourth-order valence-corrected chi connectivity index (χ4v) is 3.53. The number of halogens is 3. The highest BCUT2D eigenvalue weighted by Crippen LogP contribution is 2.29. The fourth-order valence-electron chi connectivity index (χ4n) is 3.53. The van der Waals surface area contributed by atoms with E-state index in [0.29, 0.717) is 0 Å². The predicted octanol–water partition coefficient (Wildman–Crippen LogP) is 4.77. The average Bonchev–Trinajstić information content (AvgIpc) is 3.36. The number of nitrogens with one attached hydrogen (secondary N) is 3. The molecule has 0 aliphatic rings. The van der Waals surface area contributed by atoms with Crippen LogP contribution in [0.25, 0.3) is 22.0 Å². The van der Waals surface area contributed by atoms with Gasteiger partial charge in [-0.3, -0.25) is 14.7 Å². The van der Waals surface area contributed by atoms with Crippen LogP contribution in [0.2, 0.25) is 0 Å². The van der Waals surface area contributed by atoms with Crippen LogP contribution in [0.3, 0.4) is 0 Å². The van der Waals surface area contributed by atoms with Crippen molar-refractivity contribution in [3.8, 4) is 22.8 Å². The molecule has 0 aliphatic heterocycles. The van der Waals surface area contributed by atoms with E-state index in [1.165, 1.54) is 18.2 Å². The van der Waals surface area contributed by atoms with Gasteiger partial charge in [-0.05, 0) is 55.2 Å². The third kappa shape index (κ3) is 5.85. The maximum absolute atomic E-state index is 13.5. The van der Waals surface area contributed by atoms with Gasteiger partial charge in [0.2, 0.25) is 5.88 Å². The highest BCUT2D eigenvalue weighted by Gasteiger charge is 2.31. The predicted molar refractivity (Wildman–Crippen MR) is 133 cm³/mol. The number of H-pyrrole nitrogens is 1. The van der Waals surface area contributed by atoms with Crippen LogP contribution in [-0.4, -0.2) is 46.9 Å². The zero-order chi connectivity index (χ0) is 36.7.